The van der Waals surface area contributed by atoms with E-state index in [1.807, 2.05) is 0 Å². The van der Waals surface area contributed by atoms with E-state index in [0.29, 0.717) is 16.5 Å². The number of aromatic nitrogens is 1. The summed E-state index contributed by atoms with van der Waals surface area (Å²) < 4.78 is 5.17. The maximum Gasteiger partial charge on any atom is 0.322 e. The van der Waals surface area contributed by atoms with Gasteiger partial charge in [0.2, 0.25) is 5.78 Å². The number of ketones is 1. The van der Waals surface area contributed by atoms with Gasteiger partial charge in [0.05, 0.1) is 15.6 Å². The second-order valence-electron chi connectivity index (χ2n) is 5.38. The summed E-state index contributed by atoms with van der Waals surface area (Å²) in [7, 11) is 0. The summed E-state index contributed by atoms with van der Waals surface area (Å²) in [6.45, 7) is 0. The number of carbonyl (C=O) groups is 3. The van der Waals surface area contributed by atoms with Gasteiger partial charge in [0.25, 0.3) is 0 Å². The molecule has 0 aliphatic heterocycles. The molecule has 1 aromatic heterocycles. The lowest BCUT2D eigenvalue weighted by Gasteiger charge is -2.05. The van der Waals surface area contributed by atoms with Crippen molar-refractivity contribution in [2.45, 2.75) is 6.42 Å². The minimum absolute atomic E-state index is 0.00303. The molecule has 132 valence electrons. The number of ether oxygens (including phenoxy) is 1. The molecule has 8 heteroatoms. The van der Waals surface area contributed by atoms with E-state index < -0.39 is 24.1 Å². The lowest BCUT2D eigenvalue weighted by Crippen LogP contribution is -2.15. The largest absolute Gasteiger partial charge is 0.481 e. The fraction of sp³-hybridized carbons (Fsp3) is 0.0556. The number of H-pyrrole nitrogens is 1. The molecule has 0 spiro atoms. The van der Waals surface area contributed by atoms with Gasteiger partial charge in [-0.3, -0.25) is 14.4 Å². The Balaban J connectivity index is 2.14. The highest BCUT2D eigenvalue weighted by Crippen LogP contribution is 2.36. The highest BCUT2D eigenvalue weighted by atomic mass is 35.5. The van der Waals surface area contributed by atoms with Crippen LogP contribution < -0.4 is 4.74 Å². The van der Waals surface area contributed by atoms with Gasteiger partial charge in [-0.1, -0.05) is 53.5 Å². The zero-order valence-electron chi connectivity index (χ0n) is 13.1. The van der Waals surface area contributed by atoms with Crippen molar-refractivity contribution in [2.24, 2.45) is 0 Å². The Bertz CT molecular complexity index is 1030. The molecule has 3 rings (SSSR count). The molecule has 0 fully saturated rings. The van der Waals surface area contributed by atoms with Crippen molar-refractivity contribution in [2.75, 3.05) is 0 Å². The van der Waals surface area contributed by atoms with Crippen LogP contribution in [0.5, 0.6) is 5.75 Å². The van der Waals surface area contributed by atoms with Crippen molar-refractivity contribution >= 4 is 51.8 Å². The summed E-state index contributed by atoms with van der Waals surface area (Å²) in [6, 6.07) is 11.3. The number of rotatable bonds is 5. The summed E-state index contributed by atoms with van der Waals surface area (Å²) in [4.78, 5) is 38.2. The lowest BCUT2D eigenvalue weighted by molar-refractivity contribution is -0.145. The molecule has 26 heavy (non-hydrogen) atoms. The maximum absolute atomic E-state index is 12.8. The second kappa shape index (κ2) is 7.19. The predicted octanol–water partition coefficient (Wildman–Crippen LogP) is 4.09. The summed E-state index contributed by atoms with van der Waals surface area (Å²) in [5.41, 5.74) is 0.798. The Morgan fingerprint density at radius 1 is 1.04 bits per heavy atom. The normalized spacial score (nSPS) is 10.7. The van der Waals surface area contributed by atoms with E-state index in [-0.39, 0.29) is 21.5 Å². The van der Waals surface area contributed by atoms with Crippen molar-refractivity contribution in [1.29, 1.82) is 0 Å². The highest BCUT2D eigenvalue weighted by molar-refractivity contribution is 6.43. The van der Waals surface area contributed by atoms with Gasteiger partial charge in [-0.2, -0.15) is 0 Å². The Labute approximate surface area is 157 Å². The number of carboxylic acids is 1. The van der Waals surface area contributed by atoms with E-state index >= 15 is 0 Å². The van der Waals surface area contributed by atoms with Gasteiger partial charge < -0.3 is 14.8 Å². The molecule has 0 radical (unpaired) electrons. The Kier molecular flexibility index (Phi) is 4.97. The fourth-order valence-corrected chi connectivity index (χ4v) is 2.76. The van der Waals surface area contributed by atoms with E-state index in [1.165, 1.54) is 12.1 Å². The average Bonchev–Trinajstić information content (AvgIpc) is 2.92. The standard InChI is InChI=1S/C18H11Cl2NO5/c19-11-6-10-13(7-12(11)20)21-16(17(25)9-4-2-1-3-5-9)18(10)26-15(24)8-14(22)23/h1-7,21H,8H2,(H,22,23). The SMILES string of the molecule is O=C(O)CC(=O)Oc1c(C(=O)c2ccccc2)[nH]c2cc(Cl)c(Cl)cc12. The van der Waals surface area contributed by atoms with Crippen LogP contribution >= 0.6 is 23.2 Å². The first-order valence-corrected chi connectivity index (χ1v) is 8.15. The lowest BCUT2D eigenvalue weighted by atomic mass is 10.1. The molecular weight excluding hydrogens is 381 g/mol. The van der Waals surface area contributed by atoms with E-state index in [4.69, 9.17) is 33.0 Å². The van der Waals surface area contributed by atoms with Gasteiger partial charge in [-0.25, -0.2) is 0 Å². The predicted molar refractivity (Wildman–Crippen MR) is 96.1 cm³/mol. The minimum atomic E-state index is -1.34. The first kappa shape index (κ1) is 18.0. The van der Waals surface area contributed by atoms with E-state index in [2.05, 4.69) is 4.98 Å². The minimum Gasteiger partial charge on any atom is -0.481 e. The van der Waals surface area contributed by atoms with Gasteiger partial charge in [0.15, 0.2) is 5.75 Å². The number of hydrogen-bond acceptors (Lipinski definition) is 4. The number of aliphatic carboxylic acids is 1. The first-order chi connectivity index (χ1) is 12.4. The number of esters is 1. The third-order valence-corrected chi connectivity index (χ3v) is 4.29. The quantitative estimate of drug-likeness (QED) is 0.387. The summed E-state index contributed by atoms with van der Waals surface area (Å²) in [5, 5.41) is 9.55. The molecule has 0 aliphatic carbocycles. The molecule has 0 unspecified atom stereocenters. The van der Waals surface area contributed by atoms with Gasteiger partial charge in [0.1, 0.15) is 12.1 Å². The summed E-state index contributed by atoms with van der Waals surface area (Å²) in [5.74, 6) is -2.86. The summed E-state index contributed by atoms with van der Waals surface area (Å²) >= 11 is 12.0. The average molecular weight is 392 g/mol. The van der Waals surface area contributed by atoms with Crippen molar-refractivity contribution in [3.63, 3.8) is 0 Å². The molecule has 0 atom stereocenters. The molecule has 0 saturated heterocycles. The molecule has 1 heterocycles. The summed E-state index contributed by atoms with van der Waals surface area (Å²) in [6.07, 6.45) is -0.840. The third kappa shape index (κ3) is 3.56. The van der Waals surface area contributed by atoms with Gasteiger partial charge in [0, 0.05) is 10.9 Å². The molecule has 2 aromatic carbocycles. The molecule has 6 nitrogen and oxygen atoms in total. The number of benzene rings is 2. The molecular formula is C18H11Cl2NO5. The van der Waals surface area contributed by atoms with Gasteiger partial charge in [-0.05, 0) is 12.1 Å². The van der Waals surface area contributed by atoms with Crippen molar-refractivity contribution in [3.05, 3.63) is 63.8 Å². The van der Waals surface area contributed by atoms with Crippen molar-refractivity contribution in [1.82, 2.24) is 4.98 Å². The van der Waals surface area contributed by atoms with Crippen molar-refractivity contribution < 1.29 is 24.2 Å². The molecule has 0 bridgehead atoms. The number of fused-ring (bicyclic) bond motifs is 1. The van der Waals surface area contributed by atoms with Crippen LogP contribution in [0.25, 0.3) is 10.9 Å². The number of aromatic amines is 1. The Hall–Kier alpha value is -2.83. The monoisotopic (exact) mass is 391 g/mol. The van der Waals surface area contributed by atoms with Crippen LogP contribution in [0.3, 0.4) is 0 Å². The molecule has 0 saturated carbocycles. The Morgan fingerprint density at radius 3 is 2.35 bits per heavy atom. The van der Waals surface area contributed by atoms with Gasteiger partial charge >= 0.3 is 11.9 Å². The first-order valence-electron chi connectivity index (χ1n) is 7.39. The number of hydrogen-bond donors (Lipinski definition) is 2. The number of halogens is 2. The zero-order valence-corrected chi connectivity index (χ0v) is 14.6. The van der Waals surface area contributed by atoms with Crippen LogP contribution in [0.1, 0.15) is 22.5 Å². The number of carbonyl (C=O) groups excluding carboxylic acids is 2. The second-order valence-corrected chi connectivity index (χ2v) is 6.20. The van der Waals surface area contributed by atoms with Crippen LogP contribution in [-0.2, 0) is 9.59 Å². The van der Waals surface area contributed by atoms with Crippen LogP contribution in [0.4, 0.5) is 0 Å². The van der Waals surface area contributed by atoms with Crippen LogP contribution in [0.2, 0.25) is 10.0 Å². The number of carboxylic acid groups (broad SMARTS) is 1. The fourth-order valence-electron chi connectivity index (χ4n) is 2.44. The Morgan fingerprint density at radius 2 is 1.69 bits per heavy atom. The maximum atomic E-state index is 12.8. The smallest absolute Gasteiger partial charge is 0.322 e. The van der Waals surface area contributed by atoms with Crippen LogP contribution in [0.15, 0.2) is 42.5 Å². The molecule has 0 amide bonds. The van der Waals surface area contributed by atoms with E-state index in [1.54, 1.807) is 30.3 Å². The van der Waals surface area contributed by atoms with Crippen LogP contribution in [-0.4, -0.2) is 27.8 Å². The third-order valence-electron chi connectivity index (χ3n) is 3.57. The molecule has 0 aliphatic rings. The zero-order chi connectivity index (χ0) is 18.8. The molecule has 3 aromatic rings. The van der Waals surface area contributed by atoms with E-state index in [9.17, 15) is 14.4 Å². The number of nitrogens with one attached hydrogen (secondary N) is 1. The molecule has 2 N–H and O–H groups in total. The highest BCUT2D eigenvalue weighted by Gasteiger charge is 2.24. The van der Waals surface area contributed by atoms with Gasteiger partial charge in [-0.15, -0.1) is 0 Å². The topological polar surface area (TPSA) is 96.5 Å². The van der Waals surface area contributed by atoms with Crippen molar-refractivity contribution in [3.8, 4) is 5.75 Å². The van der Waals surface area contributed by atoms with E-state index in [0.717, 1.165) is 0 Å². The van der Waals surface area contributed by atoms with Crippen LogP contribution in [0, 0.1) is 0 Å².